The van der Waals surface area contributed by atoms with Gasteiger partial charge >= 0.3 is 0 Å². The molecule has 0 unspecified atom stereocenters. The summed E-state index contributed by atoms with van der Waals surface area (Å²) < 4.78 is 19.8. The minimum Gasteiger partial charge on any atom is -0.550 e. The van der Waals surface area contributed by atoms with Crippen LogP contribution in [-0.4, -0.2) is 11.0 Å². The van der Waals surface area contributed by atoms with E-state index in [0.717, 1.165) is 15.8 Å². The van der Waals surface area contributed by atoms with Gasteiger partial charge in [0.25, 0.3) is 0 Å². The summed E-state index contributed by atoms with van der Waals surface area (Å²) in [7, 11) is 0. The number of carbonyl (C=O) groups is 1. The van der Waals surface area contributed by atoms with Gasteiger partial charge in [-0.1, -0.05) is 12.1 Å². The zero-order valence-electron chi connectivity index (χ0n) is 14.0. The van der Waals surface area contributed by atoms with E-state index in [1.54, 1.807) is 30.3 Å². The molecule has 134 valence electrons. The highest BCUT2D eigenvalue weighted by Gasteiger charge is 2.11. The number of carbonyl (C=O) groups excluding carboxylic acids is 1. The van der Waals surface area contributed by atoms with Crippen molar-refractivity contribution in [1.82, 2.24) is 4.98 Å². The van der Waals surface area contributed by atoms with Gasteiger partial charge in [-0.15, -0.1) is 11.3 Å². The number of hydrogen-bond donors (Lipinski definition) is 0. The molecule has 0 aliphatic carbocycles. The third-order valence-electron chi connectivity index (χ3n) is 3.98. The van der Waals surface area contributed by atoms with Crippen LogP contribution in [0, 0.1) is 5.82 Å². The minimum absolute atomic E-state index is 0.271. The molecular formula is C21H13FNO3S-. The Morgan fingerprint density at radius 3 is 2.63 bits per heavy atom. The molecule has 4 nitrogen and oxygen atoms in total. The fraction of sp³-hybridized carbons (Fsp3) is 0.0476. The molecule has 2 aromatic heterocycles. The van der Waals surface area contributed by atoms with Crippen molar-refractivity contribution in [2.24, 2.45) is 0 Å². The molecule has 0 N–H and O–H groups in total. The smallest absolute Gasteiger partial charge is 0.134 e. The number of furan rings is 1. The molecule has 0 atom stereocenters. The number of rotatable bonds is 5. The minimum atomic E-state index is -1.19. The lowest BCUT2D eigenvalue weighted by molar-refractivity contribution is -0.304. The highest BCUT2D eigenvalue weighted by atomic mass is 32.1. The van der Waals surface area contributed by atoms with Gasteiger partial charge < -0.3 is 14.3 Å². The first-order chi connectivity index (χ1) is 13.1. The first-order valence-electron chi connectivity index (χ1n) is 8.20. The van der Waals surface area contributed by atoms with Crippen molar-refractivity contribution in [2.75, 3.05) is 0 Å². The Bertz CT molecular complexity index is 1110. The van der Waals surface area contributed by atoms with Crippen LogP contribution in [0.1, 0.15) is 17.2 Å². The highest BCUT2D eigenvalue weighted by molar-refractivity contribution is 7.19. The quantitative estimate of drug-likeness (QED) is 0.517. The summed E-state index contributed by atoms with van der Waals surface area (Å²) in [5.74, 6) is -0.452. The average Bonchev–Trinajstić information content (AvgIpc) is 3.28. The second-order valence-electron chi connectivity index (χ2n) is 5.91. The molecule has 0 bridgehead atoms. The number of aliphatic carboxylic acids is 1. The molecule has 0 aliphatic heterocycles. The van der Waals surface area contributed by atoms with Crippen molar-refractivity contribution in [1.29, 1.82) is 0 Å². The van der Waals surface area contributed by atoms with Gasteiger partial charge in [-0.3, -0.25) is 0 Å². The SMILES string of the molecule is O=C([O-])C/C(=C\c1ccc(-c2ccc(F)cc2)o1)c1nc2ccccc2s1. The Morgan fingerprint density at radius 2 is 1.89 bits per heavy atom. The second kappa shape index (κ2) is 7.17. The second-order valence-corrected chi connectivity index (χ2v) is 6.94. The van der Waals surface area contributed by atoms with Crippen LogP contribution >= 0.6 is 11.3 Å². The molecule has 0 fully saturated rings. The number of thiazole rings is 1. The largest absolute Gasteiger partial charge is 0.550 e. The zero-order valence-corrected chi connectivity index (χ0v) is 14.8. The summed E-state index contributed by atoms with van der Waals surface area (Å²) in [6, 6.07) is 17.1. The van der Waals surface area contributed by atoms with E-state index in [1.807, 2.05) is 24.3 Å². The van der Waals surface area contributed by atoms with Crippen molar-refractivity contribution < 1.29 is 18.7 Å². The molecule has 0 saturated heterocycles. The number of halogens is 1. The highest BCUT2D eigenvalue weighted by Crippen LogP contribution is 2.31. The van der Waals surface area contributed by atoms with Crippen molar-refractivity contribution in [3.8, 4) is 11.3 Å². The van der Waals surface area contributed by atoms with E-state index in [1.165, 1.54) is 23.5 Å². The van der Waals surface area contributed by atoms with Crippen LogP contribution in [0.4, 0.5) is 4.39 Å². The Kier molecular flexibility index (Phi) is 4.56. The molecule has 4 aromatic rings. The van der Waals surface area contributed by atoms with Crippen LogP contribution in [0.2, 0.25) is 0 Å². The molecule has 4 rings (SSSR count). The Balaban J connectivity index is 1.71. The van der Waals surface area contributed by atoms with E-state index in [9.17, 15) is 14.3 Å². The predicted octanol–water partition coefficient (Wildman–Crippen LogP) is 4.38. The van der Waals surface area contributed by atoms with E-state index < -0.39 is 5.97 Å². The molecule has 0 spiro atoms. The van der Waals surface area contributed by atoms with Gasteiger partial charge in [-0.2, -0.15) is 0 Å². The summed E-state index contributed by atoms with van der Waals surface area (Å²) in [6.45, 7) is 0. The van der Waals surface area contributed by atoms with E-state index in [2.05, 4.69) is 4.98 Å². The van der Waals surface area contributed by atoms with Crippen LogP contribution in [0.5, 0.6) is 0 Å². The molecule has 0 radical (unpaired) electrons. The van der Waals surface area contributed by atoms with Gasteiger partial charge in [0.15, 0.2) is 0 Å². The maximum atomic E-state index is 13.1. The first kappa shape index (κ1) is 17.2. The normalized spacial score (nSPS) is 11.8. The van der Waals surface area contributed by atoms with Gasteiger partial charge in [0.1, 0.15) is 22.3 Å². The Morgan fingerprint density at radius 1 is 1.11 bits per heavy atom. The van der Waals surface area contributed by atoms with E-state index >= 15 is 0 Å². The lowest BCUT2D eigenvalue weighted by atomic mass is 10.1. The number of aromatic nitrogens is 1. The van der Waals surface area contributed by atoms with Crippen LogP contribution in [0.3, 0.4) is 0 Å². The monoisotopic (exact) mass is 378 g/mol. The van der Waals surface area contributed by atoms with Gasteiger partial charge in [-0.25, -0.2) is 9.37 Å². The van der Waals surface area contributed by atoms with Crippen LogP contribution in [0.25, 0.3) is 33.2 Å². The summed E-state index contributed by atoms with van der Waals surface area (Å²) >= 11 is 1.42. The number of para-hydroxylation sites is 1. The molecule has 0 amide bonds. The number of nitrogens with zero attached hydrogens (tertiary/aromatic N) is 1. The van der Waals surface area contributed by atoms with Gasteiger partial charge in [0.2, 0.25) is 0 Å². The molecule has 2 heterocycles. The number of carboxylic acids is 1. The predicted molar refractivity (Wildman–Crippen MR) is 101 cm³/mol. The van der Waals surface area contributed by atoms with Crippen molar-refractivity contribution in [3.05, 3.63) is 77.2 Å². The average molecular weight is 378 g/mol. The van der Waals surface area contributed by atoms with Gasteiger partial charge in [0.05, 0.1) is 10.2 Å². The summed E-state index contributed by atoms with van der Waals surface area (Å²) in [4.78, 5) is 15.7. The molecule has 0 aliphatic rings. The van der Waals surface area contributed by atoms with Gasteiger partial charge in [0, 0.05) is 18.0 Å². The third-order valence-corrected chi connectivity index (χ3v) is 5.09. The van der Waals surface area contributed by atoms with E-state index in [0.29, 0.717) is 22.1 Å². The molecular weight excluding hydrogens is 365 g/mol. The van der Waals surface area contributed by atoms with Crippen molar-refractivity contribution in [3.63, 3.8) is 0 Å². The Hall–Kier alpha value is -3.25. The van der Waals surface area contributed by atoms with E-state index in [-0.39, 0.29) is 12.2 Å². The fourth-order valence-corrected chi connectivity index (χ4v) is 3.70. The van der Waals surface area contributed by atoms with Crippen LogP contribution in [0.15, 0.2) is 65.1 Å². The number of hydrogen-bond acceptors (Lipinski definition) is 5. The number of carboxylic acid groups (broad SMARTS) is 1. The van der Waals surface area contributed by atoms with Crippen LogP contribution < -0.4 is 5.11 Å². The molecule has 2 aromatic carbocycles. The molecule has 6 heteroatoms. The number of fused-ring (bicyclic) bond motifs is 1. The number of benzene rings is 2. The standard InChI is InChI=1S/C21H14FNO3S/c22-15-7-5-13(6-8-15)18-10-9-16(26-18)11-14(12-20(24)25)21-23-17-3-1-2-4-19(17)27-21/h1-11H,12H2,(H,24,25)/p-1/b14-11+. The van der Waals surface area contributed by atoms with Crippen LogP contribution in [-0.2, 0) is 4.79 Å². The fourth-order valence-electron chi connectivity index (χ4n) is 2.72. The third kappa shape index (κ3) is 3.80. The lowest BCUT2D eigenvalue weighted by Gasteiger charge is -2.04. The topological polar surface area (TPSA) is 66.2 Å². The zero-order chi connectivity index (χ0) is 18.8. The summed E-state index contributed by atoms with van der Waals surface area (Å²) in [5, 5.41) is 11.8. The Labute approximate surface area is 158 Å². The molecule has 0 saturated carbocycles. The summed E-state index contributed by atoms with van der Waals surface area (Å²) in [6.07, 6.45) is 1.38. The summed E-state index contributed by atoms with van der Waals surface area (Å²) in [5.41, 5.74) is 2.06. The van der Waals surface area contributed by atoms with Gasteiger partial charge in [-0.05, 0) is 60.2 Å². The maximum absolute atomic E-state index is 13.1. The first-order valence-corrected chi connectivity index (χ1v) is 9.02. The maximum Gasteiger partial charge on any atom is 0.134 e. The van der Waals surface area contributed by atoms with E-state index in [4.69, 9.17) is 4.42 Å². The lowest BCUT2D eigenvalue weighted by Crippen LogP contribution is -2.22. The molecule has 27 heavy (non-hydrogen) atoms. The van der Waals surface area contributed by atoms with Crippen molar-refractivity contribution >= 4 is 39.2 Å². The van der Waals surface area contributed by atoms with Crippen molar-refractivity contribution in [2.45, 2.75) is 6.42 Å².